The minimum absolute atomic E-state index is 0.0453. The van der Waals surface area contributed by atoms with Gasteiger partial charge in [0, 0.05) is 5.69 Å². The number of hydrogen-bond donors (Lipinski definition) is 0. The van der Waals surface area contributed by atoms with Crippen LogP contribution in [0.2, 0.25) is 0 Å². The van der Waals surface area contributed by atoms with Gasteiger partial charge in [-0.3, -0.25) is 14.5 Å². The normalized spacial score (nSPS) is 14.8. The Hall–Kier alpha value is -4.46. The molecular weight excluding hydrogens is 453 g/mol. The molecule has 0 spiro atoms. The van der Waals surface area contributed by atoms with Gasteiger partial charge in [0.25, 0.3) is 5.91 Å². The van der Waals surface area contributed by atoms with Gasteiger partial charge in [0.2, 0.25) is 5.76 Å². The van der Waals surface area contributed by atoms with E-state index in [-0.39, 0.29) is 28.9 Å². The third-order valence-corrected chi connectivity index (χ3v) is 5.90. The summed E-state index contributed by atoms with van der Waals surface area (Å²) in [6.45, 7) is 1.95. The average Bonchev–Trinajstić information content (AvgIpc) is 3.17. The average molecular weight is 473 g/mol. The van der Waals surface area contributed by atoms with E-state index in [2.05, 4.69) is 0 Å². The summed E-state index contributed by atoms with van der Waals surface area (Å²) in [5.74, 6) is -1.17. The molecule has 35 heavy (non-hydrogen) atoms. The predicted molar refractivity (Wildman–Crippen MR) is 126 cm³/mol. The fourth-order valence-electron chi connectivity index (χ4n) is 4.31. The van der Waals surface area contributed by atoms with Crippen LogP contribution in [0.15, 0.2) is 75.9 Å². The van der Waals surface area contributed by atoms with Gasteiger partial charge in [-0.1, -0.05) is 12.1 Å². The van der Waals surface area contributed by atoms with Crippen LogP contribution in [0.1, 0.15) is 45.0 Å². The second-order valence-electron chi connectivity index (χ2n) is 7.94. The van der Waals surface area contributed by atoms with Crippen molar-refractivity contribution >= 4 is 28.5 Å². The third-order valence-electron chi connectivity index (χ3n) is 5.90. The summed E-state index contributed by atoms with van der Waals surface area (Å²) in [6, 6.07) is 16.0. The molecule has 8 heteroatoms. The number of halogens is 1. The number of nitrogens with zero attached hydrogens (tertiary/aromatic N) is 1. The molecule has 7 nitrogen and oxygen atoms in total. The molecule has 0 saturated carbocycles. The maximum atomic E-state index is 14.0. The van der Waals surface area contributed by atoms with Gasteiger partial charge >= 0.3 is 5.97 Å². The number of anilines is 1. The minimum atomic E-state index is -0.857. The smallest absolute Gasteiger partial charge is 0.338 e. The van der Waals surface area contributed by atoms with E-state index in [1.54, 1.807) is 55.5 Å². The highest BCUT2D eigenvalue weighted by molar-refractivity contribution is 6.10. The molecule has 0 N–H and O–H groups in total. The Bertz CT molecular complexity index is 1530. The minimum Gasteiger partial charge on any atom is -0.497 e. The number of ether oxygens (including phenoxy) is 2. The quantitative estimate of drug-likeness (QED) is 0.385. The molecule has 4 aromatic rings. The summed E-state index contributed by atoms with van der Waals surface area (Å²) < 4.78 is 30.2. The number of esters is 1. The van der Waals surface area contributed by atoms with Crippen LogP contribution in [-0.2, 0) is 4.74 Å². The number of rotatable bonds is 5. The molecule has 176 valence electrons. The standard InChI is InChI=1S/C27H20FNO6/c1-3-34-27(32)15-7-10-18(11-8-15)29-23(16-5-4-6-19(13-16)33-2)22-24(30)20-14-17(28)9-12-21(20)35-25(22)26(29)31/h4-14,23H,3H2,1-2H3. The van der Waals surface area contributed by atoms with Gasteiger partial charge < -0.3 is 13.9 Å². The van der Waals surface area contributed by atoms with Crippen molar-refractivity contribution in [3.63, 3.8) is 0 Å². The molecule has 1 aliphatic heterocycles. The van der Waals surface area contributed by atoms with E-state index < -0.39 is 29.2 Å². The van der Waals surface area contributed by atoms with Crippen LogP contribution >= 0.6 is 0 Å². The summed E-state index contributed by atoms with van der Waals surface area (Å²) in [4.78, 5) is 40.7. The lowest BCUT2D eigenvalue weighted by Crippen LogP contribution is -2.29. The lowest BCUT2D eigenvalue weighted by Gasteiger charge is -2.25. The van der Waals surface area contributed by atoms with Gasteiger partial charge in [-0.05, 0) is 67.1 Å². The fourth-order valence-corrected chi connectivity index (χ4v) is 4.31. The molecule has 1 unspecified atom stereocenters. The maximum absolute atomic E-state index is 14.0. The number of fused-ring (bicyclic) bond motifs is 2. The van der Waals surface area contributed by atoms with E-state index in [1.807, 2.05) is 0 Å². The number of hydrogen-bond acceptors (Lipinski definition) is 6. The summed E-state index contributed by atoms with van der Waals surface area (Å²) in [6.07, 6.45) is 0. The lowest BCUT2D eigenvalue weighted by molar-refractivity contribution is 0.0526. The Morgan fingerprint density at radius 2 is 1.83 bits per heavy atom. The number of methoxy groups -OCH3 is 1. The monoisotopic (exact) mass is 473 g/mol. The molecule has 5 rings (SSSR count). The first-order chi connectivity index (χ1) is 16.9. The van der Waals surface area contributed by atoms with Crippen molar-refractivity contribution in [2.45, 2.75) is 13.0 Å². The third kappa shape index (κ3) is 3.73. The topological polar surface area (TPSA) is 86.0 Å². The van der Waals surface area contributed by atoms with Gasteiger partial charge in [0.15, 0.2) is 5.43 Å². The molecule has 2 heterocycles. The van der Waals surface area contributed by atoms with Crippen LogP contribution in [-0.4, -0.2) is 25.6 Å². The van der Waals surface area contributed by atoms with Gasteiger partial charge in [-0.15, -0.1) is 0 Å². The number of benzene rings is 3. The largest absolute Gasteiger partial charge is 0.497 e. The highest BCUT2D eigenvalue weighted by Crippen LogP contribution is 2.42. The molecule has 0 saturated heterocycles. The van der Waals surface area contributed by atoms with Crippen LogP contribution in [0.25, 0.3) is 11.0 Å². The molecule has 1 aromatic heterocycles. The SMILES string of the molecule is CCOC(=O)c1ccc(N2C(=O)c3oc4ccc(F)cc4c(=O)c3C2c2cccc(OC)c2)cc1. The Balaban J connectivity index is 1.72. The van der Waals surface area contributed by atoms with E-state index in [4.69, 9.17) is 13.9 Å². The lowest BCUT2D eigenvalue weighted by atomic mass is 9.98. The first-order valence-corrected chi connectivity index (χ1v) is 10.9. The van der Waals surface area contributed by atoms with Crippen molar-refractivity contribution in [1.82, 2.24) is 0 Å². The molecule has 0 aliphatic carbocycles. The summed E-state index contributed by atoms with van der Waals surface area (Å²) >= 11 is 0. The summed E-state index contributed by atoms with van der Waals surface area (Å²) in [5.41, 5.74) is 1.11. The maximum Gasteiger partial charge on any atom is 0.338 e. The van der Waals surface area contributed by atoms with E-state index in [9.17, 15) is 18.8 Å². The first-order valence-electron chi connectivity index (χ1n) is 10.9. The van der Waals surface area contributed by atoms with Crippen molar-refractivity contribution < 1.29 is 27.9 Å². The molecule has 1 aliphatic rings. The fraction of sp³-hybridized carbons (Fsp3) is 0.148. The number of amides is 1. The van der Waals surface area contributed by atoms with Crippen molar-refractivity contribution in [3.8, 4) is 5.75 Å². The van der Waals surface area contributed by atoms with Crippen molar-refractivity contribution in [1.29, 1.82) is 0 Å². The van der Waals surface area contributed by atoms with Crippen LogP contribution < -0.4 is 15.1 Å². The van der Waals surface area contributed by atoms with E-state index in [1.165, 1.54) is 24.1 Å². The molecule has 0 fully saturated rings. The van der Waals surface area contributed by atoms with Crippen molar-refractivity contribution in [2.24, 2.45) is 0 Å². The zero-order valence-corrected chi connectivity index (χ0v) is 18.9. The van der Waals surface area contributed by atoms with Crippen molar-refractivity contribution in [3.05, 3.63) is 105 Å². The van der Waals surface area contributed by atoms with Crippen LogP contribution in [0.4, 0.5) is 10.1 Å². The van der Waals surface area contributed by atoms with Gasteiger partial charge in [-0.2, -0.15) is 0 Å². The molecular formula is C27H20FNO6. The van der Waals surface area contributed by atoms with Crippen molar-refractivity contribution in [2.75, 3.05) is 18.6 Å². The Kier molecular flexibility index (Phi) is 5.56. The second-order valence-corrected chi connectivity index (χ2v) is 7.94. The zero-order valence-electron chi connectivity index (χ0n) is 18.9. The zero-order chi connectivity index (χ0) is 24.7. The highest BCUT2D eigenvalue weighted by Gasteiger charge is 2.43. The van der Waals surface area contributed by atoms with E-state index >= 15 is 0 Å². The summed E-state index contributed by atoms with van der Waals surface area (Å²) in [5, 5.41) is 0.0453. The molecule has 3 aromatic carbocycles. The van der Waals surface area contributed by atoms with Crippen LogP contribution in [0, 0.1) is 5.82 Å². The Morgan fingerprint density at radius 3 is 2.54 bits per heavy atom. The molecule has 1 amide bonds. The van der Waals surface area contributed by atoms with E-state index in [0.717, 1.165) is 6.07 Å². The van der Waals surface area contributed by atoms with Crippen LogP contribution in [0.5, 0.6) is 5.75 Å². The number of carbonyl (C=O) groups excluding carboxylic acids is 2. The van der Waals surface area contributed by atoms with E-state index in [0.29, 0.717) is 22.6 Å². The molecule has 1 atom stereocenters. The Labute approximate surface area is 199 Å². The molecule has 0 bridgehead atoms. The van der Waals surface area contributed by atoms with Gasteiger partial charge in [0.05, 0.1) is 36.3 Å². The highest BCUT2D eigenvalue weighted by atomic mass is 19.1. The van der Waals surface area contributed by atoms with Gasteiger partial charge in [0.1, 0.15) is 17.1 Å². The Morgan fingerprint density at radius 1 is 1.06 bits per heavy atom. The van der Waals surface area contributed by atoms with Gasteiger partial charge in [-0.25, -0.2) is 9.18 Å². The second kappa shape index (κ2) is 8.72. The number of carbonyl (C=O) groups is 2. The van der Waals surface area contributed by atoms with Crippen LogP contribution in [0.3, 0.4) is 0 Å². The predicted octanol–water partition coefficient (Wildman–Crippen LogP) is 4.87. The first kappa shape index (κ1) is 22.3. The molecule has 0 radical (unpaired) electrons. The summed E-state index contributed by atoms with van der Waals surface area (Å²) in [7, 11) is 1.52.